The van der Waals surface area contributed by atoms with Gasteiger partial charge in [0.25, 0.3) is 0 Å². The van der Waals surface area contributed by atoms with Gasteiger partial charge in [0, 0.05) is 18.4 Å². The molecule has 0 spiro atoms. The standard InChI is InChI=1S/C26H26N2O5/c1-2-8-23(24(29)27-22-14-7-13-20(22)25(30)31)28-26(32)33-15-21-18-11-5-3-9-16(18)17-10-4-6-12-19(17)21/h1,3-6,9-12,20-23H,7-8,13-15H2,(H,27,29)(H,28,32)(H,30,31)/t20-,22+,23?/m1/s1. The van der Waals surface area contributed by atoms with Crippen LogP contribution < -0.4 is 10.6 Å². The maximum Gasteiger partial charge on any atom is 0.407 e. The number of amides is 2. The van der Waals surface area contributed by atoms with Crippen molar-refractivity contribution in [1.82, 2.24) is 10.6 Å². The fourth-order valence-corrected chi connectivity index (χ4v) is 4.82. The highest BCUT2D eigenvalue weighted by Crippen LogP contribution is 2.44. The lowest BCUT2D eigenvalue weighted by Crippen LogP contribution is -2.51. The Morgan fingerprint density at radius 3 is 2.30 bits per heavy atom. The average Bonchev–Trinajstić information content (AvgIpc) is 3.40. The van der Waals surface area contributed by atoms with Crippen molar-refractivity contribution < 1.29 is 24.2 Å². The van der Waals surface area contributed by atoms with Gasteiger partial charge in [-0.15, -0.1) is 12.3 Å². The number of benzene rings is 2. The van der Waals surface area contributed by atoms with E-state index in [1.165, 1.54) is 0 Å². The summed E-state index contributed by atoms with van der Waals surface area (Å²) in [7, 11) is 0. The summed E-state index contributed by atoms with van der Waals surface area (Å²) >= 11 is 0. The summed E-state index contributed by atoms with van der Waals surface area (Å²) < 4.78 is 5.50. The lowest BCUT2D eigenvalue weighted by molar-refractivity contribution is -0.142. The molecule has 1 fully saturated rings. The van der Waals surface area contributed by atoms with Crippen LogP contribution in [-0.4, -0.2) is 41.8 Å². The molecule has 3 atom stereocenters. The minimum absolute atomic E-state index is 0.0273. The second-order valence-corrected chi connectivity index (χ2v) is 8.42. The van der Waals surface area contributed by atoms with Gasteiger partial charge in [-0.2, -0.15) is 0 Å². The van der Waals surface area contributed by atoms with E-state index < -0.39 is 36.0 Å². The van der Waals surface area contributed by atoms with E-state index in [0.717, 1.165) is 28.7 Å². The summed E-state index contributed by atoms with van der Waals surface area (Å²) in [6.07, 6.45) is 6.44. The summed E-state index contributed by atoms with van der Waals surface area (Å²) in [6, 6.07) is 14.6. The highest BCUT2D eigenvalue weighted by Gasteiger charge is 2.35. The number of carboxylic acids is 1. The molecule has 3 N–H and O–H groups in total. The molecule has 2 aliphatic rings. The van der Waals surface area contributed by atoms with E-state index in [4.69, 9.17) is 11.2 Å². The number of terminal acetylenes is 1. The molecule has 170 valence electrons. The molecule has 0 heterocycles. The van der Waals surface area contributed by atoms with Crippen molar-refractivity contribution in [3.63, 3.8) is 0 Å². The van der Waals surface area contributed by atoms with E-state index in [0.29, 0.717) is 12.8 Å². The van der Waals surface area contributed by atoms with Crippen LogP contribution in [0, 0.1) is 18.3 Å². The fourth-order valence-electron chi connectivity index (χ4n) is 4.82. The quantitative estimate of drug-likeness (QED) is 0.566. The van der Waals surface area contributed by atoms with Gasteiger partial charge in [-0.25, -0.2) is 4.79 Å². The van der Waals surface area contributed by atoms with Gasteiger partial charge >= 0.3 is 12.1 Å². The van der Waals surface area contributed by atoms with Gasteiger partial charge in [0.1, 0.15) is 12.6 Å². The Labute approximate surface area is 192 Å². The first-order valence-electron chi connectivity index (χ1n) is 11.1. The van der Waals surface area contributed by atoms with Gasteiger partial charge in [0.05, 0.1) is 5.92 Å². The molecule has 4 rings (SSSR count). The number of carboxylic acid groups (broad SMARTS) is 1. The summed E-state index contributed by atoms with van der Waals surface area (Å²) in [5, 5.41) is 14.6. The molecule has 0 aromatic heterocycles. The molecule has 1 unspecified atom stereocenters. The van der Waals surface area contributed by atoms with Gasteiger partial charge in [0.15, 0.2) is 0 Å². The number of nitrogens with one attached hydrogen (secondary N) is 2. The monoisotopic (exact) mass is 446 g/mol. The molecular weight excluding hydrogens is 420 g/mol. The van der Waals surface area contributed by atoms with Crippen LogP contribution in [0.25, 0.3) is 11.1 Å². The second-order valence-electron chi connectivity index (χ2n) is 8.42. The Kier molecular flexibility index (Phi) is 6.64. The number of aliphatic carboxylic acids is 1. The Morgan fingerprint density at radius 2 is 1.70 bits per heavy atom. The Morgan fingerprint density at radius 1 is 1.06 bits per heavy atom. The third kappa shape index (κ3) is 4.70. The van der Waals surface area contributed by atoms with Crippen LogP contribution in [0.2, 0.25) is 0 Å². The van der Waals surface area contributed by atoms with Crippen LogP contribution in [0.3, 0.4) is 0 Å². The normalized spacial score (nSPS) is 19.6. The predicted molar refractivity (Wildman–Crippen MR) is 122 cm³/mol. The van der Waals surface area contributed by atoms with Crippen molar-refractivity contribution in [2.45, 2.75) is 43.7 Å². The molecule has 0 aliphatic heterocycles. The van der Waals surface area contributed by atoms with E-state index in [2.05, 4.69) is 28.7 Å². The molecular formula is C26H26N2O5. The van der Waals surface area contributed by atoms with E-state index in [-0.39, 0.29) is 18.9 Å². The van der Waals surface area contributed by atoms with Crippen molar-refractivity contribution in [2.75, 3.05) is 6.61 Å². The average molecular weight is 447 g/mol. The van der Waals surface area contributed by atoms with E-state index >= 15 is 0 Å². The van der Waals surface area contributed by atoms with Gasteiger partial charge in [-0.3, -0.25) is 9.59 Å². The third-order valence-corrected chi connectivity index (χ3v) is 6.44. The van der Waals surface area contributed by atoms with E-state index in [1.54, 1.807) is 0 Å². The molecule has 0 saturated heterocycles. The van der Waals surface area contributed by atoms with Crippen molar-refractivity contribution in [3.8, 4) is 23.5 Å². The summed E-state index contributed by atoms with van der Waals surface area (Å²) in [4.78, 5) is 36.6. The number of ether oxygens (including phenoxy) is 1. The van der Waals surface area contributed by atoms with Crippen LogP contribution in [0.4, 0.5) is 4.79 Å². The second kappa shape index (κ2) is 9.78. The molecule has 0 radical (unpaired) electrons. The molecule has 7 heteroatoms. The van der Waals surface area contributed by atoms with E-state index in [9.17, 15) is 19.5 Å². The number of hydrogen-bond acceptors (Lipinski definition) is 4. The molecule has 1 saturated carbocycles. The van der Waals surface area contributed by atoms with Crippen molar-refractivity contribution in [3.05, 3.63) is 59.7 Å². The lowest BCUT2D eigenvalue weighted by atomic mass is 9.98. The highest BCUT2D eigenvalue weighted by molar-refractivity contribution is 5.87. The minimum atomic E-state index is -0.999. The SMILES string of the molecule is C#CCC(NC(=O)OCC1c2ccccc2-c2ccccc21)C(=O)N[C@H]1CCC[C@H]1C(=O)O. The Bertz CT molecular complexity index is 1060. The largest absolute Gasteiger partial charge is 0.481 e. The smallest absolute Gasteiger partial charge is 0.407 e. The van der Waals surface area contributed by atoms with Crippen LogP contribution in [0.5, 0.6) is 0 Å². The summed E-state index contributed by atoms with van der Waals surface area (Å²) in [5.41, 5.74) is 4.42. The van der Waals surface area contributed by atoms with Crippen LogP contribution >= 0.6 is 0 Å². The number of hydrogen-bond donors (Lipinski definition) is 3. The van der Waals surface area contributed by atoms with Crippen LogP contribution in [0.1, 0.15) is 42.7 Å². The molecule has 2 amide bonds. The van der Waals surface area contributed by atoms with Crippen LogP contribution in [0.15, 0.2) is 48.5 Å². The summed E-state index contributed by atoms with van der Waals surface area (Å²) in [5.74, 6) is 0.225. The maximum absolute atomic E-state index is 12.7. The zero-order valence-corrected chi connectivity index (χ0v) is 18.1. The minimum Gasteiger partial charge on any atom is -0.481 e. The zero-order valence-electron chi connectivity index (χ0n) is 18.1. The first-order chi connectivity index (χ1) is 16.0. The van der Waals surface area contributed by atoms with Crippen molar-refractivity contribution in [2.24, 2.45) is 5.92 Å². The number of carbonyl (C=O) groups excluding carboxylic acids is 2. The van der Waals surface area contributed by atoms with Gasteiger partial charge in [0.2, 0.25) is 5.91 Å². The van der Waals surface area contributed by atoms with E-state index in [1.807, 2.05) is 36.4 Å². The first-order valence-corrected chi connectivity index (χ1v) is 11.1. The summed E-state index contributed by atoms with van der Waals surface area (Å²) in [6.45, 7) is 0.119. The van der Waals surface area contributed by atoms with Crippen LogP contribution in [-0.2, 0) is 14.3 Å². The molecule has 2 aromatic carbocycles. The molecule has 2 aliphatic carbocycles. The third-order valence-electron chi connectivity index (χ3n) is 6.44. The van der Waals surface area contributed by atoms with Crippen molar-refractivity contribution >= 4 is 18.0 Å². The molecule has 2 aromatic rings. The topological polar surface area (TPSA) is 105 Å². The number of rotatable bonds is 7. The van der Waals surface area contributed by atoms with Gasteiger partial charge in [-0.1, -0.05) is 55.0 Å². The molecule has 7 nitrogen and oxygen atoms in total. The number of carbonyl (C=O) groups is 3. The number of fused-ring (bicyclic) bond motifs is 3. The van der Waals surface area contributed by atoms with Crippen molar-refractivity contribution in [1.29, 1.82) is 0 Å². The number of alkyl carbamates (subject to hydrolysis) is 1. The van der Waals surface area contributed by atoms with Gasteiger partial charge < -0.3 is 20.5 Å². The zero-order chi connectivity index (χ0) is 23.4. The highest BCUT2D eigenvalue weighted by atomic mass is 16.5. The molecule has 33 heavy (non-hydrogen) atoms. The lowest BCUT2D eigenvalue weighted by Gasteiger charge is -2.22. The predicted octanol–water partition coefficient (Wildman–Crippen LogP) is 3.29. The fraction of sp³-hybridized carbons (Fsp3) is 0.346. The maximum atomic E-state index is 12.7. The Hall–Kier alpha value is -3.79. The molecule has 0 bridgehead atoms. The van der Waals surface area contributed by atoms with Gasteiger partial charge in [-0.05, 0) is 35.1 Å². The Balaban J connectivity index is 1.38. The first kappa shape index (κ1) is 22.4.